The van der Waals surface area contributed by atoms with Crippen LogP contribution in [0.25, 0.3) is 0 Å². The molecule has 0 saturated carbocycles. The van der Waals surface area contributed by atoms with Crippen molar-refractivity contribution in [3.8, 4) is 17.2 Å². The van der Waals surface area contributed by atoms with E-state index in [1.807, 2.05) is 25.1 Å². The van der Waals surface area contributed by atoms with Crippen LogP contribution in [0, 0.1) is 6.92 Å². The van der Waals surface area contributed by atoms with E-state index in [9.17, 15) is 14.4 Å². The Morgan fingerprint density at radius 1 is 0.868 bits per heavy atom. The van der Waals surface area contributed by atoms with Crippen molar-refractivity contribution in [2.75, 3.05) is 32.3 Å². The number of primary amides is 1. The molecule has 0 aliphatic rings. The number of methoxy groups -OCH3 is 2. The fraction of sp³-hybridized carbons (Fsp3) is 0.276. The van der Waals surface area contributed by atoms with E-state index in [2.05, 4.69) is 0 Å². The third-order valence-electron chi connectivity index (χ3n) is 5.78. The van der Waals surface area contributed by atoms with E-state index in [-0.39, 0.29) is 31.8 Å². The molecule has 200 valence electrons. The molecule has 0 aliphatic heterocycles. The number of anilines is 2. The van der Waals surface area contributed by atoms with Gasteiger partial charge in [0, 0.05) is 12.8 Å². The number of nitrogens with two attached hydrogens (primary N) is 1. The van der Waals surface area contributed by atoms with Crippen molar-refractivity contribution < 1.29 is 33.3 Å². The zero-order valence-corrected chi connectivity index (χ0v) is 22.0. The van der Waals surface area contributed by atoms with E-state index in [1.54, 1.807) is 43.3 Å². The minimum atomic E-state index is -0.649. The number of urea groups is 1. The SMILES string of the molecule is CCOC(=O)c1ccc(OCCC(=O)Cc2ccc(N(C(N)=O)c3ccccc3C)c(OC)c2)c(OC)c1. The number of carbonyl (C=O) groups is 3. The monoisotopic (exact) mass is 520 g/mol. The van der Waals surface area contributed by atoms with Gasteiger partial charge in [0.2, 0.25) is 0 Å². The first kappa shape index (κ1) is 28.0. The van der Waals surface area contributed by atoms with Crippen LogP contribution >= 0.6 is 0 Å². The van der Waals surface area contributed by atoms with Crippen LogP contribution in [0.5, 0.6) is 17.2 Å². The van der Waals surface area contributed by atoms with Crippen LogP contribution in [0.2, 0.25) is 0 Å². The third-order valence-corrected chi connectivity index (χ3v) is 5.78. The maximum atomic E-state index is 12.7. The first-order valence-corrected chi connectivity index (χ1v) is 12.1. The fourth-order valence-electron chi connectivity index (χ4n) is 3.92. The zero-order valence-electron chi connectivity index (χ0n) is 22.0. The predicted octanol–water partition coefficient (Wildman–Crippen LogP) is 4.99. The highest BCUT2D eigenvalue weighted by Gasteiger charge is 2.21. The van der Waals surface area contributed by atoms with Gasteiger partial charge in [0.05, 0.1) is 44.4 Å². The van der Waals surface area contributed by atoms with E-state index < -0.39 is 12.0 Å². The molecule has 9 nitrogen and oxygen atoms in total. The topological polar surface area (TPSA) is 117 Å². The molecule has 0 bridgehead atoms. The van der Waals surface area contributed by atoms with Crippen LogP contribution < -0.4 is 24.8 Å². The molecule has 0 saturated heterocycles. The molecule has 0 atom stereocenters. The van der Waals surface area contributed by atoms with Crippen molar-refractivity contribution in [2.45, 2.75) is 26.7 Å². The number of carbonyl (C=O) groups excluding carboxylic acids is 3. The first-order valence-electron chi connectivity index (χ1n) is 12.1. The van der Waals surface area contributed by atoms with Crippen LogP contribution in [0.4, 0.5) is 16.2 Å². The Kier molecular flexibility index (Phi) is 9.70. The number of benzene rings is 3. The molecule has 0 spiro atoms. The third kappa shape index (κ3) is 6.82. The summed E-state index contributed by atoms with van der Waals surface area (Å²) < 4.78 is 21.6. The van der Waals surface area contributed by atoms with E-state index in [4.69, 9.17) is 24.7 Å². The summed E-state index contributed by atoms with van der Waals surface area (Å²) in [6, 6.07) is 16.7. The molecule has 3 aromatic rings. The van der Waals surface area contributed by atoms with E-state index in [1.165, 1.54) is 25.2 Å². The lowest BCUT2D eigenvalue weighted by atomic mass is 10.1. The van der Waals surface area contributed by atoms with E-state index >= 15 is 0 Å². The van der Waals surface area contributed by atoms with Gasteiger partial charge in [-0.15, -0.1) is 0 Å². The van der Waals surface area contributed by atoms with Gasteiger partial charge in [-0.1, -0.05) is 24.3 Å². The lowest BCUT2D eigenvalue weighted by molar-refractivity contribution is -0.118. The Morgan fingerprint density at radius 3 is 2.26 bits per heavy atom. The molecule has 0 unspecified atom stereocenters. The summed E-state index contributed by atoms with van der Waals surface area (Å²) in [6.45, 7) is 4.02. The second-order valence-electron chi connectivity index (χ2n) is 8.37. The number of Topliss-reactive ketones (excluding diaryl/α,β-unsaturated/α-hetero) is 1. The number of para-hydroxylation sites is 1. The molecule has 0 aliphatic carbocycles. The molecule has 0 heterocycles. The summed E-state index contributed by atoms with van der Waals surface area (Å²) in [5, 5.41) is 0. The first-order chi connectivity index (χ1) is 18.3. The van der Waals surface area contributed by atoms with Crippen LogP contribution in [0.1, 0.15) is 34.8 Å². The number of aryl methyl sites for hydroxylation is 1. The molecule has 38 heavy (non-hydrogen) atoms. The molecule has 0 aromatic heterocycles. The summed E-state index contributed by atoms with van der Waals surface area (Å²) >= 11 is 0. The van der Waals surface area contributed by atoms with Crippen LogP contribution in [0.15, 0.2) is 60.7 Å². The number of ketones is 1. The highest BCUT2D eigenvalue weighted by molar-refractivity contribution is 6.00. The molecular formula is C29H32N2O7. The molecule has 2 N–H and O–H groups in total. The predicted molar refractivity (Wildman–Crippen MR) is 144 cm³/mol. The number of ether oxygens (including phenoxy) is 4. The molecule has 0 radical (unpaired) electrons. The van der Waals surface area contributed by atoms with Gasteiger partial charge in [-0.2, -0.15) is 0 Å². The second kappa shape index (κ2) is 13.1. The minimum absolute atomic E-state index is 0.0485. The van der Waals surface area contributed by atoms with Crippen molar-refractivity contribution >= 4 is 29.2 Å². The zero-order chi connectivity index (χ0) is 27.7. The maximum Gasteiger partial charge on any atom is 0.338 e. The normalized spacial score (nSPS) is 10.4. The standard InChI is InChI=1S/C29H32N2O7/c1-5-37-28(33)21-11-13-25(27(18-21)36-4)38-15-14-22(32)16-20-10-12-24(26(17-20)35-3)31(29(30)34)23-9-7-6-8-19(23)2/h6-13,17-18H,5,14-16H2,1-4H3,(H2,30,34). The van der Waals surface area contributed by atoms with Crippen molar-refractivity contribution in [1.29, 1.82) is 0 Å². The molecule has 9 heteroatoms. The Hall–Kier alpha value is -4.53. The Bertz CT molecular complexity index is 1310. The van der Waals surface area contributed by atoms with Gasteiger partial charge in [0.15, 0.2) is 11.5 Å². The number of hydrogen-bond donors (Lipinski definition) is 1. The molecule has 2 amide bonds. The van der Waals surface area contributed by atoms with Gasteiger partial charge in [-0.25, -0.2) is 9.59 Å². The average molecular weight is 521 g/mol. The Balaban J connectivity index is 1.66. The van der Waals surface area contributed by atoms with E-state index in [0.717, 1.165) is 11.1 Å². The van der Waals surface area contributed by atoms with Crippen LogP contribution in [0.3, 0.4) is 0 Å². The van der Waals surface area contributed by atoms with Crippen LogP contribution in [-0.2, 0) is 16.0 Å². The summed E-state index contributed by atoms with van der Waals surface area (Å²) in [4.78, 5) is 38.3. The fourth-order valence-corrected chi connectivity index (χ4v) is 3.92. The highest BCUT2D eigenvalue weighted by Crippen LogP contribution is 2.36. The van der Waals surface area contributed by atoms with Gasteiger partial charge in [-0.3, -0.25) is 9.69 Å². The lowest BCUT2D eigenvalue weighted by Crippen LogP contribution is -2.32. The van der Waals surface area contributed by atoms with Gasteiger partial charge < -0.3 is 24.7 Å². The highest BCUT2D eigenvalue weighted by atomic mass is 16.5. The van der Waals surface area contributed by atoms with E-state index in [0.29, 0.717) is 34.2 Å². The van der Waals surface area contributed by atoms with Gasteiger partial charge >= 0.3 is 12.0 Å². The van der Waals surface area contributed by atoms with Gasteiger partial charge in [0.1, 0.15) is 11.5 Å². The van der Waals surface area contributed by atoms with Crippen molar-refractivity contribution in [3.63, 3.8) is 0 Å². The number of hydrogen-bond acceptors (Lipinski definition) is 7. The largest absolute Gasteiger partial charge is 0.495 e. The van der Waals surface area contributed by atoms with Crippen molar-refractivity contribution in [3.05, 3.63) is 77.4 Å². The van der Waals surface area contributed by atoms with Gasteiger partial charge in [-0.05, 0) is 61.4 Å². The minimum Gasteiger partial charge on any atom is -0.495 e. The number of amides is 2. The Morgan fingerprint density at radius 2 is 1.61 bits per heavy atom. The number of nitrogens with zero attached hydrogens (tertiary/aromatic N) is 1. The van der Waals surface area contributed by atoms with Crippen molar-refractivity contribution in [2.24, 2.45) is 5.73 Å². The summed E-state index contributed by atoms with van der Waals surface area (Å²) in [5.41, 5.74) is 8.77. The summed E-state index contributed by atoms with van der Waals surface area (Å²) in [6.07, 6.45) is 0.309. The second-order valence-corrected chi connectivity index (χ2v) is 8.37. The molecular weight excluding hydrogens is 488 g/mol. The molecule has 3 aromatic carbocycles. The summed E-state index contributed by atoms with van der Waals surface area (Å²) in [5.74, 6) is 0.706. The Labute approximate surface area is 222 Å². The maximum absolute atomic E-state index is 12.7. The lowest BCUT2D eigenvalue weighted by Gasteiger charge is -2.24. The molecule has 3 rings (SSSR count). The smallest absolute Gasteiger partial charge is 0.338 e. The number of rotatable bonds is 12. The molecule has 0 fully saturated rings. The van der Waals surface area contributed by atoms with Gasteiger partial charge in [0.25, 0.3) is 0 Å². The van der Waals surface area contributed by atoms with Crippen LogP contribution in [-0.4, -0.2) is 45.2 Å². The quantitative estimate of drug-likeness (QED) is 0.335. The van der Waals surface area contributed by atoms with Crippen molar-refractivity contribution in [1.82, 2.24) is 0 Å². The average Bonchev–Trinajstić information content (AvgIpc) is 2.90. The number of esters is 1. The summed E-state index contributed by atoms with van der Waals surface area (Å²) in [7, 11) is 2.97.